The van der Waals surface area contributed by atoms with Crippen molar-refractivity contribution in [1.29, 1.82) is 0 Å². The van der Waals surface area contributed by atoms with Gasteiger partial charge in [-0.05, 0) is 24.1 Å². The number of nitrogens with two attached hydrogens (primary N) is 1. The number of hydrogen-bond donors (Lipinski definition) is 1. The molecule has 0 aromatic heterocycles. The first kappa shape index (κ1) is 13.0. The normalized spacial score (nSPS) is 12.2. The van der Waals surface area contributed by atoms with Crippen molar-refractivity contribution in [2.75, 3.05) is 7.05 Å². The average molecular weight is 241 g/mol. The van der Waals surface area contributed by atoms with E-state index in [9.17, 15) is 4.79 Å². The maximum atomic E-state index is 11.7. The Bertz CT molecular complexity index is 351. The average Bonchev–Trinajstić information content (AvgIpc) is 2.30. The topological polar surface area (TPSA) is 46.3 Å². The summed E-state index contributed by atoms with van der Waals surface area (Å²) >= 11 is 5.78. The number of halogens is 1. The summed E-state index contributed by atoms with van der Waals surface area (Å²) in [5, 5.41) is 0.697. The molecule has 0 aliphatic rings. The fourth-order valence-corrected chi connectivity index (χ4v) is 1.53. The summed E-state index contributed by atoms with van der Waals surface area (Å²) in [7, 11) is 1.76. The lowest BCUT2D eigenvalue weighted by atomic mass is 10.2. The van der Waals surface area contributed by atoms with Crippen LogP contribution in [-0.4, -0.2) is 23.9 Å². The van der Waals surface area contributed by atoms with Crippen molar-refractivity contribution in [2.24, 2.45) is 5.73 Å². The molecule has 2 N–H and O–H groups in total. The fourth-order valence-electron chi connectivity index (χ4n) is 1.40. The maximum Gasteiger partial charge on any atom is 0.239 e. The van der Waals surface area contributed by atoms with Crippen LogP contribution in [0.5, 0.6) is 0 Å². The molecule has 0 saturated heterocycles. The molecule has 0 unspecified atom stereocenters. The molecule has 0 fully saturated rings. The summed E-state index contributed by atoms with van der Waals surface area (Å²) in [5.41, 5.74) is 6.73. The quantitative estimate of drug-likeness (QED) is 0.876. The van der Waals surface area contributed by atoms with Gasteiger partial charge in [-0.1, -0.05) is 30.7 Å². The Kier molecular flexibility index (Phi) is 4.77. The van der Waals surface area contributed by atoms with Crippen LogP contribution in [0.25, 0.3) is 0 Å². The fraction of sp³-hybridized carbons (Fsp3) is 0.417. The Labute approximate surface area is 101 Å². The number of hydrogen-bond acceptors (Lipinski definition) is 2. The summed E-state index contributed by atoms with van der Waals surface area (Å²) in [6, 6.07) is 7.04. The summed E-state index contributed by atoms with van der Waals surface area (Å²) in [4.78, 5) is 13.4. The van der Waals surface area contributed by atoms with Crippen LogP contribution in [0.1, 0.15) is 18.9 Å². The highest BCUT2D eigenvalue weighted by Crippen LogP contribution is 2.11. The second kappa shape index (κ2) is 5.87. The van der Waals surface area contributed by atoms with E-state index in [1.54, 1.807) is 11.9 Å². The number of amides is 1. The first-order valence-corrected chi connectivity index (χ1v) is 5.67. The molecule has 4 heteroatoms. The van der Waals surface area contributed by atoms with E-state index in [-0.39, 0.29) is 5.91 Å². The molecule has 1 amide bonds. The zero-order chi connectivity index (χ0) is 12.1. The summed E-state index contributed by atoms with van der Waals surface area (Å²) in [5.74, 6) is -0.0301. The van der Waals surface area contributed by atoms with Crippen LogP contribution in [0.3, 0.4) is 0 Å². The number of carbonyl (C=O) groups excluding carboxylic acids is 1. The molecule has 0 spiro atoms. The number of likely N-dealkylation sites (N-methyl/N-ethyl adjacent to an activating group) is 1. The molecule has 0 heterocycles. The summed E-state index contributed by atoms with van der Waals surface area (Å²) < 4.78 is 0. The smallest absolute Gasteiger partial charge is 0.239 e. The second-order valence-electron chi connectivity index (χ2n) is 3.84. The number of carbonyl (C=O) groups is 1. The minimum Gasteiger partial charge on any atom is -0.340 e. The molecule has 0 aliphatic carbocycles. The van der Waals surface area contributed by atoms with Gasteiger partial charge in [0.1, 0.15) is 0 Å². The van der Waals surface area contributed by atoms with E-state index in [4.69, 9.17) is 17.3 Å². The van der Waals surface area contributed by atoms with Crippen LogP contribution in [-0.2, 0) is 11.3 Å². The van der Waals surface area contributed by atoms with Crippen LogP contribution >= 0.6 is 11.6 Å². The summed E-state index contributed by atoms with van der Waals surface area (Å²) in [6.45, 7) is 2.46. The second-order valence-corrected chi connectivity index (χ2v) is 4.27. The third kappa shape index (κ3) is 3.51. The first-order chi connectivity index (χ1) is 7.54. The minimum absolute atomic E-state index is 0.0301. The van der Waals surface area contributed by atoms with Gasteiger partial charge < -0.3 is 10.6 Å². The Balaban J connectivity index is 2.60. The lowest BCUT2D eigenvalue weighted by molar-refractivity contribution is -0.131. The van der Waals surface area contributed by atoms with E-state index >= 15 is 0 Å². The van der Waals surface area contributed by atoms with Gasteiger partial charge in [-0.15, -0.1) is 0 Å². The highest BCUT2D eigenvalue weighted by molar-refractivity contribution is 6.30. The van der Waals surface area contributed by atoms with E-state index < -0.39 is 6.04 Å². The van der Waals surface area contributed by atoms with Gasteiger partial charge in [0.2, 0.25) is 5.91 Å². The molecule has 0 aliphatic heterocycles. The zero-order valence-electron chi connectivity index (χ0n) is 9.61. The van der Waals surface area contributed by atoms with Crippen molar-refractivity contribution in [3.8, 4) is 0 Å². The Morgan fingerprint density at radius 3 is 2.50 bits per heavy atom. The molecule has 1 aromatic rings. The van der Waals surface area contributed by atoms with E-state index in [1.165, 1.54) is 0 Å². The lowest BCUT2D eigenvalue weighted by Crippen LogP contribution is -2.40. The third-order valence-corrected chi connectivity index (χ3v) is 2.72. The van der Waals surface area contributed by atoms with Crippen molar-refractivity contribution in [3.05, 3.63) is 34.9 Å². The minimum atomic E-state index is -0.405. The maximum absolute atomic E-state index is 11.7. The number of benzene rings is 1. The molecule has 88 valence electrons. The van der Waals surface area contributed by atoms with Gasteiger partial charge in [0.15, 0.2) is 0 Å². The predicted molar refractivity (Wildman–Crippen MR) is 66.2 cm³/mol. The van der Waals surface area contributed by atoms with Gasteiger partial charge in [-0.25, -0.2) is 0 Å². The Morgan fingerprint density at radius 2 is 2.00 bits per heavy atom. The molecule has 1 aromatic carbocycles. The lowest BCUT2D eigenvalue weighted by Gasteiger charge is -2.20. The van der Waals surface area contributed by atoms with Gasteiger partial charge >= 0.3 is 0 Å². The molecular formula is C12H17ClN2O. The van der Waals surface area contributed by atoms with Gasteiger partial charge in [0.25, 0.3) is 0 Å². The molecule has 3 nitrogen and oxygen atoms in total. The standard InChI is InChI=1S/C12H17ClN2O/c1-3-11(14)12(16)15(2)8-9-4-6-10(13)7-5-9/h4-7,11H,3,8,14H2,1-2H3/t11-/m0/s1. The molecular weight excluding hydrogens is 224 g/mol. The van der Waals surface area contributed by atoms with E-state index in [2.05, 4.69) is 0 Å². The Morgan fingerprint density at radius 1 is 1.44 bits per heavy atom. The van der Waals surface area contributed by atoms with Gasteiger partial charge in [-0.3, -0.25) is 4.79 Å². The van der Waals surface area contributed by atoms with Crippen molar-refractivity contribution in [2.45, 2.75) is 25.9 Å². The number of nitrogens with zero attached hydrogens (tertiary/aromatic N) is 1. The van der Waals surface area contributed by atoms with Crippen LogP contribution in [0.2, 0.25) is 5.02 Å². The van der Waals surface area contributed by atoms with Crippen LogP contribution < -0.4 is 5.73 Å². The van der Waals surface area contributed by atoms with Gasteiger partial charge in [0.05, 0.1) is 6.04 Å². The first-order valence-electron chi connectivity index (χ1n) is 5.29. The molecule has 1 rings (SSSR count). The SMILES string of the molecule is CC[C@H](N)C(=O)N(C)Cc1ccc(Cl)cc1. The van der Waals surface area contributed by atoms with Crippen LogP contribution in [0.4, 0.5) is 0 Å². The largest absolute Gasteiger partial charge is 0.340 e. The van der Waals surface area contributed by atoms with Crippen LogP contribution in [0, 0.1) is 0 Å². The van der Waals surface area contributed by atoms with Crippen molar-refractivity contribution < 1.29 is 4.79 Å². The van der Waals surface area contributed by atoms with Gasteiger partial charge in [-0.2, -0.15) is 0 Å². The summed E-state index contributed by atoms with van der Waals surface area (Å²) in [6.07, 6.45) is 0.657. The van der Waals surface area contributed by atoms with Crippen LogP contribution in [0.15, 0.2) is 24.3 Å². The molecule has 0 bridgehead atoms. The molecule has 16 heavy (non-hydrogen) atoms. The monoisotopic (exact) mass is 240 g/mol. The highest BCUT2D eigenvalue weighted by atomic mass is 35.5. The van der Waals surface area contributed by atoms with E-state index in [0.717, 1.165) is 5.56 Å². The molecule has 1 atom stereocenters. The molecule has 0 saturated carbocycles. The van der Waals surface area contributed by atoms with Crippen molar-refractivity contribution >= 4 is 17.5 Å². The van der Waals surface area contributed by atoms with Crippen molar-refractivity contribution in [1.82, 2.24) is 4.90 Å². The van der Waals surface area contributed by atoms with Crippen molar-refractivity contribution in [3.63, 3.8) is 0 Å². The predicted octanol–water partition coefficient (Wildman–Crippen LogP) is 2.04. The Hall–Kier alpha value is -1.06. The highest BCUT2D eigenvalue weighted by Gasteiger charge is 2.15. The number of rotatable bonds is 4. The van der Waals surface area contributed by atoms with E-state index in [1.807, 2.05) is 31.2 Å². The zero-order valence-corrected chi connectivity index (χ0v) is 10.4. The van der Waals surface area contributed by atoms with E-state index in [0.29, 0.717) is 18.0 Å². The molecule has 0 radical (unpaired) electrons. The third-order valence-electron chi connectivity index (χ3n) is 2.47. The van der Waals surface area contributed by atoms with Gasteiger partial charge in [0, 0.05) is 18.6 Å².